The van der Waals surface area contributed by atoms with Crippen molar-refractivity contribution in [1.82, 2.24) is 0 Å². The molecule has 4 atom stereocenters. The first-order valence-corrected chi connectivity index (χ1v) is 4.04. The third kappa shape index (κ3) is 1.33. The Hall–Kier alpha value is 0.320. The molecule has 1 fully saturated rings. The average Bonchev–Trinajstić information content (AvgIpc) is 2.17. The molecule has 1 aliphatic heterocycles. The van der Waals surface area contributed by atoms with Gasteiger partial charge in [0.1, 0.15) is 12.2 Å². The van der Waals surface area contributed by atoms with E-state index in [4.69, 9.17) is 20.1 Å². The van der Waals surface area contributed by atoms with Gasteiger partial charge in [0.25, 0.3) is 0 Å². The summed E-state index contributed by atoms with van der Waals surface area (Å²) in [5, 5.41) is 27.2. The van der Waals surface area contributed by atoms with Crippen molar-refractivity contribution in [3.63, 3.8) is 0 Å². The van der Waals surface area contributed by atoms with Crippen LogP contribution in [0.15, 0.2) is 0 Å². The topological polar surface area (TPSA) is 69.9 Å². The average molecular weight is 213 g/mol. The molecule has 0 aromatic heterocycles. The maximum Gasteiger partial charge on any atom is 0.183 e. The van der Waals surface area contributed by atoms with Crippen LogP contribution in [0.5, 0.6) is 0 Å². The molecule has 1 rings (SSSR count). The number of halogens is 1. The van der Waals surface area contributed by atoms with Crippen molar-refractivity contribution in [2.24, 2.45) is 0 Å². The molecule has 0 radical (unpaired) electrons. The zero-order valence-corrected chi connectivity index (χ0v) is 6.73. The minimum atomic E-state index is -1.25. The molecule has 5 heteroatoms. The zero-order chi connectivity index (χ0) is 7.72. The van der Waals surface area contributed by atoms with Gasteiger partial charge in [0, 0.05) is 5.33 Å². The monoisotopic (exact) mass is 212 g/mol. The zero-order valence-electron chi connectivity index (χ0n) is 5.14. The van der Waals surface area contributed by atoms with Crippen LogP contribution in [0.3, 0.4) is 0 Å². The standard InChI is InChI=1S/C5H9BrO4/c6-1-2-3(7)4(8)5(9)10-2/h2-5,7-9H,1H2/t2-,3+,4-,5+/m1/s1. The van der Waals surface area contributed by atoms with Crippen molar-refractivity contribution >= 4 is 15.9 Å². The molecule has 0 aliphatic carbocycles. The fraction of sp³-hybridized carbons (Fsp3) is 1.00. The number of hydrogen-bond acceptors (Lipinski definition) is 4. The second-order valence-corrected chi connectivity index (χ2v) is 2.85. The van der Waals surface area contributed by atoms with Crippen LogP contribution in [0.25, 0.3) is 0 Å². The third-order valence-corrected chi connectivity index (χ3v) is 2.13. The molecule has 1 saturated heterocycles. The van der Waals surface area contributed by atoms with Crippen molar-refractivity contribution in [2.45, 2.75) is 24.6 Å². The Kier molecular flexibility index (Phi) is 2.65. The molecule has 1 heterocycles. The van der Waals surface area contributed by atoms with Crippen LogP contribution in [-0.2, 0) is 4.74 Å². The van der Waals surface area contributed by atoms with Crippen molar-refractivity contribution in [2.75, 3.05) is 5.33 Å². The van der Waals surface area contributed by atoms with E-state index in [0.717, 1.165) is 0 Å². The van der Waals surface area contributed by atoms with Gasteiger partial charge in [-0.3, -0.25) is 0 Å². The summed E-state index contributed by atoms with van der Waals surface area (Å²) in [6, 6.07) is 0. The maximum absolute atomic E-state index is 9.06. The largest absolute Gasteiger partial charge is 0.387 e. The van der Waals surface area contributed by atoms with Crippen LogP contribution >= 0.6 is 15.9 Å². The van der Waals surface area contributed by atoms with Crippen LogP contribution in [0.1, 0.15) is 0 Å². The lowest BCUT2D eigenvalue weighted by Gasteiger charge is -2.09. The second-order valence-electron chi connectivity index (χ2n) is 2.20. The van der Waals surface area contributed by atoms with Crippen LogP contribution in [0, 0.1) is 0 Å². The smallest absolute Gasteiger partial charge is 0.183 e. The highest BCUT2D eigenvalue weighted by atomic mass is 79.9. The fourth-order valence-electron chi connectivity index (χ4n) is 0.856. The van der Waals surface area contributed by atoms with E-state index in [9.17, 15) is 0 Å². The van der Waals surface area contributed by atoms with Crippen LogP contribution in [0.4, 0.5) is 0 Å². The van der Waals surface area contributed by atoms with E-state index in [1.807, 2.05) is 0 Å². The summed E-state index contributed by atoms with van der Waals surface area (Å²) >= 11 is 3.06. The summed E-state index contributed by atoms with van der Waals surface area (Å²) in [4.78, 5) is 0. The SMILES string of the molecule is O[C@@H]1[C@@H](O)[C@@H](CBr)O[C@@H]1O. The molecule has 4 nitrogen and oxygen atoms in total. The Bertz CT molecular complexity index is 120. The molecule has 0 bridgehead atoms. The highest BCUT2D eigenvalue weighted by Gasteiger charge is 2.40. The van der Waals surface area contributed by atoms with Gasteiger partial charge in [-0.2, -0.15) is 0 Å². The quantitative estimate of drug-likeness (QED) is 0.479. The Balaban J connectivity index is 2.53. The van der Waals surface area contributed by atoms with Gasteiger partial charge in [-0.15, -0.1) is 0 Å². The Labute approximate surface area is 66.6 Å². The van der Waals surface area contributed by atoms with E-state index in [1.165, 1.54) is 0 Å². The molecule has 1 aliphatic rings. The summed E-state index contributed by atoms with van der Waals surface area (Å²) in [5.41, 5.74) is 0. The minimum absolute atomic E-state index is 0.405. The van der Waals surface area contributed by atoms with Crippen LogP contribution in [-0.4, -0.2) is 45.3 Å². The van der Waals surface area contributed by atoms with Crippen LogP contribution in [0.2, 0.25) is 0 Å². The van der Waals surface area contributed by atoms with Crippen molar-refractivity contribution in [1.29, 1.82) is 0 Å². The number of ether oxygens (including phenoxy) is 1. The van der Waals surface area contributed by atoms with Gasteiger partial charge < -0.3 is 20.1 Å². The normalized spacial score (nSPS) is 48.0. The van der Waals surface area contributed by atoms with E-state index in [-0.39, 0.29) is 0 Å². The van der Waals surface area contributed by atoms with E-state index < -0.39 is 24.6 Å². The van der Waals surface area contributed by atoms with Gasteiger partial charge in [0.2, 0.25) is 0 Å². The molecule has 0 aromatic carbocycles. The molecule has 0 saturated carbocycles. The Morgan fingerprint density at radius 3 is 2.00 bits per heavy atom. The maximum atomic E-state index is 9.06. The molecular formula is C5H9BrO4. The van der Waals surface area contributed by atoms with Gasteiger partial charge in [-0.1, -0.05) is 15.9 Å². The van der Waals surface area contributed by atoms with Crippen molar-refractivity contribution < 1.29 is 20.1 Å². The number of aliphatic hydroxyl groups is 3. The molecule has 0 unspecified atom stereocenters. The molecule has 0 aromatic rings. The van der Waals surface area contributed by atoms with Crippen LogP contribution < -0.4 is 0 Å². The van der Waals surface area contributed by atoms with Gasteiger partial charge in [-0.05, 0) is 0 Å². The van der Waals surface area contributed by atoms with E-state index in [1.54, 1.807) is 0 Å². The first-order chi connectivity index (χ1) is 4.66. The number of aliphatic hydroxyl groups excluding tert-OH is 3. The van der Waals surface area contributed by atoms with Crippen molar-refractivity contribution in [3.8, 4) is 0 Å². The lowest BCUT2D eigenvalue weighted by molar-refractivity contribution is -0.123. The molecule has 60 valence electrons. The summed E-state index contributed by atoms with van der Waals surface area (Å²) in [6.45, 7) is 0. The molecule has 0 spiro atoms. The number of rotatable bonds is 1. The first-order valence-electron chi connectivity index (χ1n) is 2.92. The van der Waals surface area contributed by atoms with Crippen molar-refractivity contribution in [3.05, 3.63) is 0 Å². The summed E-state index contributed by atoms with van der Waals surface area (Å²) < 4.78 is 4.74. The fourth-order valence-corrected chi connectivity index (χ4v) is 1.39. The predicted octanol–water partition coefficient (Wildman–Crippen LogP) is -1.18. The summed E-state index contributed by atoms with van der Waals surface area (Å²) in [7, 11) is 0. The third-order valence-electron chi connectivity index (χ3n) is 1.49. The lowest BCUT2D eigenvalue weighted by atomic mass is 10.2. The number of alkyl halides is 1. The van der Waals surface area contributed by atoms with Gasteiger partial charge in [0.05, 0.1) is 6.10 Å². The lowest BCUT2D eigenvalue weighted by Crippen LogP contribution is -2.32. The van der Waals surface area contributed by atoms with E-state index in [0.29, 0.717) is 5.33 Å². The summed E-state index contributed by atoms with van der Waals surface area (Å²) in [6.07, 6.45) is -3.93. The Morgan fingerprint density at radius 2 is 1.80 bits per heavy atom. The Morgan fingerprint density at radius 1 is 1.20 bits per heavy atom. The highest BCUT2D eigenvalue weighted by Crippen LogP contribution is 2.20. The second kappa shape index (κ2) is 3.15. The molecule has 3 N–H and O–H groups in total. The molecule has 0 amide bonds. The first kappa shape index (κ1) is 8.42. The van der Waals surface area contributed by atoms with Gasteiger partial charge >= 0.3 is 0 Å². The van der Waals surface area contributed by atoms with Gasteiger partial charge in [-0.25, -0.2) is 0 Å². The molecular weight excluding hydrogens is 204 g/mol. The predicted molar refractivity (Wildman–Crippen MR) is 36.7 cm³/mol. The van der Waals surface area contributed by atoms with E-state index >= 15 is 0 Å². The van der Waals surface area contributed by atoms with Gasteiger partial charge in [0.15, 0.2) is 6.29 Å². The highest BCUT2D eigenvalue weighted by molar-refractivity contribution is 9.09. The van der Waals surface area contributed by atoms with E-state index in [2.05, 4.69) is 15.9 Å². The minimum Gasteiger partial charge on any atom is -0.387 e. The number of hydrogen-bond donors (Lipinski definition) is 3. The molecule has 10 heavy (non-hydrogen) atoms. The summed E-state index contributed by atoms with van der Waals surface area (Å²) in [5.74, 6) is 0.